The van der Waals surface area contributed by atoms with E-state index >= 15 is 0 Å². The molecule has 0 aliphatic rings. The standard InChI is InChI=1S/C18H9F/c19-18-16-12-7-3-1-5-10(12)14(16)9-15-11-6-2-4-8-13(11)17(15)18/h1-9H. The van der Waals surface area contributed by atoms with Gasteiger partial charge in [0.2, 0.25) is 0 Å². The van der Waals surface area contributed by atoms with Crippen LogP contribution in [0.1, 0.15) is 0 Å². The van der Waals surface area contributed by atoms with E-state index < -0.39 is 0 Å². The molecule has 0 saturated heterocycles. The first-order chi connectivity index (χ1) is 9.36. The predicted molar refractivity (Wildman–Crippen MR) is 78.8 cm³/mol. The predicted octanol–water partition coefficient (Wildman–Crippen LogP) is 5.31. The lowest BCUT2D eigenvalue weighted by atomic mass is 9.85. The van der Waals surface area contributed by atoms with E-state index in [4.69, 9.17) is 0 Å². The van der Waals surface area contributed by atoms with Gasteiger partial charge in [0, 0.05) is 10.8 Å². The van der Waals surface area contributed by atoms with Gasteiger partial charge in [-0.15, -0.1) is 0 Å². The van der Waals surface area contributed by atoms with E-state index in [1.54, 1.807) is 0 Å². The molecular weight excluding hydrogens is 235 g/mol. The van der Waals surface area contributed by atoms with Crippen molar-refractivity contribution in [2.75, 3.05) is 0 Å². The van der Waals surface area contributed by atoms with Crippen LogP contribution in [0.3, 0.4) is 0 Å². The number of hydrogen-bond acceptors (Lipinski definition) is 0. The van der Waals surface area contributed by atoms with Gasteiger partial charge in [0.25, 0.3) is 0 Å². The second-order valence-corrected chi connectivity index (χ2v) is 5.13. The molecule has 5 aromatic rings. The van der Waals surface area contributed by atoms with E-state index in [2.05, 4.69) is 18.2 Å². The fourth-order valence-corrected chi connectivity index (χ4v) is 3.35. The van der Waals surface area contributed by atoms with Crippen LogP contribution in [-0.2, 0) is 0 Å². The van der Waals surface area contributed by atoms with E-state index in [-0.39, 0.29) is 5.82 Å². The third-order valence-electron chi connectivity index (χ3n) is 4.24. The Kier molecular flexibility index (Phi) is 1.47. The fraction of sp³-hybridized carbons (Fsp3) is 0. The summed E-state index contributed by atoms with van der Waals surface area (Å²) in [6.45, 7) is 0. The van der Waals surface area contributed by atoms with Gasteiger partial charge in [-0.3, -0.25) is 0 Å². The average molecular weight is 244 g/mol. The van der Waals surface area contributed by atoms with Crippen LogP contribution >= 0.6 is 0 Å². The Morgan fingerprint density at radius 2 is 0.947 bits per heavy atom. The first kappa shape index (κ1) is 9.51. The van der Waals surface area contributed by atoms with Gasteiger partial charge in [-0.1, -0.05) is 48.5 Å². The molecule has 0 spiro atoms. The topological polar surface area (TPSA) is 0 Å². The third kappa shape index (κ3) is 0.932. The highest BCUT2D eigenvalue weighted by Gasteiger charge is 2.21. The molecule has 0 atom stereocenters. The fourth-order valence-electron chi connectivity index (χ4n) is 3.35. The SMILES string of the molecule is Fc1c2c3ccccc3c2cc2c3ccccc3c12. The molecule has 0 aliphatic carbocycles. The van der Waals surface area contributed by atoms with Gasteiger partial charge in [-0.2, -0.15) is 0 Å². The normalized spacial score (nSPS) is 12.5. The van der Waals surface area contributed by atoms with Crippen LogP contribution in [0, 0.1) is 5.82 Å². The lowest BCUT2D eigenvalue weighted by Gasteiger charge is -2.18. The minimum atomic E-state index is -0.0510. The summed E-state index contributed by atoms with van der Waals surface area (Å²) in [6, 6.07) is 18.2. The molecule has 0 saturated carbocycles. The van der Waals surface area contributed by atoms with Crippen LogP contribution in [0.25, 0.3) is 43.1 Å². The van der Waals surface area contributed by atoms with Crippen LogP contribution in [0.2, 0.25) is 0 Å². The molecule has 0 bridgehead atoms. The molecule has 0 N–H and O–H groups in total. The molecule has 1 heteroatoms. The molecule has 5 aromatic carbocycles. The van der Waals surface area contributed by atoms with Crippen LogP contribution in [0.4, 0.5) is 4.39 Å². The lowest BCUT2D eigenvalue weighted by Crippen LogP contribution is -1.94. The highest BCUT2D eigenvalue weighted by molar-refractivity contribution is 6.35. The molecule has 0 radical (unpaired) electrons. The molecule has 0 unspecified atom stereocenters. The first-order valence-corrected chi connectivity index (χ1v) is 6.42. The van der Waals surface area contributed by atoms with Crippen molar-refractivity contribution in [2.24, 2.45) is 0 Å². The van der Waals surface area contributed by atoms with E-state index in [1.807, 2.05) is 36.4 Å². The average Bonchev–Trinajstić information content (AvgIpc) is 2.40. The van der Waals surface area contributed by atoms with Crippen molar-refractivity contribution in [1.82, 2.24) is 0 Å². The second-order valence-electron chi connectivity index (χ2n) is 5.13. The summed E-state index contributed by atoms with van der Waals surface area (Å²) >= 11 is 0. The maximum Gasteiger partial charge on any atom is 0.140 e. The van der Waals surface area contributed by atoms with Crippen molar-refractivity contribution in [3.05, 3.63) is 60.4 Å². The van der Waals surface area contributed by atoms with Gasteiger partial charge in [0.1, 0.15) is 5.82 Å². The Bertz CT molecular complexity index is 976. The van der Waals surface area contributed by atoms with Crippen LogP contribution < -0.4 is 0 Å². The van der Waals surface area contributed by atoms with Gasteiger partial charge >= 0.3 is 0 Å². The summed E-state index contributed by atoms with van der Waals surface area (Å²) in [7, 11) is 0. The zero-order valence-electron chi connectivity index (χ0n) is 10.1. The molecule has 0 fully saturated rings. The van der Waals surface area contributed by atoms with Crippen molar-refractivity contribution in [2.45, 2.75) is 0 Å². The van der Waals surface area contributed by atoms with E-state index in [9.17, 15) is 4.39 Å². The summed E-state index contributed by atoms with van der Waals surface area (Å²) in [5, 5.41) is 8.13. The van der Waals surface area contributed by atoms with Gasteiger partial charge in [0.05, 0.1) is 0 Å². The van der Waals surface area contributed by atoms with Gasteiger partial charge < -0.3 is 0 Å². The Labute approximate surface area is 108 Å². The minimum Gasteiger partial charge on any atom is -0.206 e. The number of hydrogen-bond donors (Lipinski definition) is 0. The monoisotopic (exact) mass is 244 g/mol. The molecular formula is C18H9F. The van der Waals surface area contributed by atoms with Gasteiger partial charge in [-0.05, 0) is 38.4 Å². The molecule has 19 heavy (non-hydrogen) atoms. The van der Waals surface area contributed by atoms with Gasteiger partial charge in [0.15, 0.2) is 0 Å². The Morgan fingerprint density at radius 3 is 1.42 bits per heavy atom. The third-order valence-corrected chi connectivity index (χ3v) is 4.24. The lowest BCUT2D eigenvalue weighted by molar-refractivity contribution is 0.652. The van der Waals surface area contributed by atoms with Crippen LogP contribution in [0.15, 0.2) is 54.6 Å². The zero-order valence-corrected chi connectivity index (χ0v) is 10.1. The minimum absolute atomic E-state index is 0.0510. The van der Waals surface area contributed by atoms with Crippen molar-refractivity contribution >= 4 is 43.1 Å². The molecule has 0 nitrogen and oxygen atoms in total. The molecule has 0 amide bonds. The Hall–Kier alpha value is -2.41. The van der Waals surface area contributed by atoms with Crippen molar-refractivity contribution < 1.29 is 4.39 Å². The quantitative estimate of drug-likeness (QED) is 0.346. The first-order valence-electron chi connectivity index (χ1n) is 6.42. The van der Waals surface area contributed by atoms with E-state index in [0.29, 0.717) is 0 Å². The highest BCUT2D eigenvalue weighted by atomic mass is 19.1. The van der Waals surface area contributed by atoms with Crippen molar-refractivity contribution in [3.63, 3.8) is 0 Å². The Balaban J connectivity index is 2.08. The van der Waals surface area contributed by atoms with Crippen molar-refractivity contribution in [3.8, 4) is 0 Å². The van der Waals surface area contributed by atoms with E-state index in [1.165, 1.54) is 10.8 Å². The van der Waals surface area contributed by atoms with Crippen LogP contribution in [0.5, 0.6) is 0 Å². The van der Waals surface area contributed by atoms with Gasteiger partial charge in [-0.25, -0.2) is 4.39 Å². The molecule has 0 heterocycles. The maximum atomic E-state index is 14.7. The number of halogens is 1. The highest BCUT2D eigenvalue weighted by Crippen LogP contribution is 2.45. The van der Waals surface area contributed by atoms with Crippen LogP contribution in [-0.4, -0.2) is 0 Å². The van der Waals surface area contributed by atoms with Crippen molar-refractivity contribution in [1.29, 1.82) is 0 Å². The summed E-state index contributed by atoms with van der Waals surface area (Å²) in [5.41, 5.74) is 0. The molecule has 0 aromatic heterocycles. The number of rotatable bonds is 0. The summed E-state index contributed by atoms with van der Waals surface area (Å²) in [5.74, 6) is -0.0510. The second kappa shape index (κ2) is 2.94. The summed E-state index contributed by atoms with van der Waals surface area (Å²) in [4.78, 5) is 0. The largest absolute Gasteiger partial charge is 0.206 e. The smallest absolute Gasteiger partial charge is 0.140 e. The van der Waals surface area contributed by atoms with E-state index in [0.717, 1.165) is 32.3 Å². The molecule has 5 rings (SSSR count). The summed E-state index contributed by atoms with van der Waals surface area (Å²) < 4.78 is 14.7. The molecule has 88 valence electrons. The number of fused-ring (bicyclic) bond motifs is 8. The zero-order chi connectivity index (χ0) is 12.6. The Morgan fingerprint density at radius 1 is 0.526 bits per heavy atom. The summed E-state index contributed by atoms with van der Waals surface area (Å²) in [6.07, 6.45) is 0. The maximum absolute atomic E-state index is 14.7. The molecule has 0 aliphatic heterocycles. The number of benzene rings is 3.